The fourth-order valence-corrected chi connectivity index (χ4v) is 2.35. The van der Waals surface area contributed by atoms with E-state index in [2.05, 4.69) is 10.1 Å². The van der Waals surface area contributed by atoms with Crippen molar-refractivity contribution in [2.45, 2.75) is 18.7 Å². The van der Waals surface area contributed by atoms with Gasteiger partial charge in [0.25, 0.3) is 5.91 Å². The number of hydrogen-bond acceptors (Lipinski definition) is 3. The van der Waals surface area contributed by atoms with Gasteiger partial charge in [-0.05, 0) is 35.9 Å². The minimum absolute atomic E-state index is 0.0786. The van der Waals surface area contributed by atoms with Crippen LogP contribution >= 0.6 is 0 Å². The minimum Gasteiger partial charge on any atom is -0.484 e. The van der Waals surface area contributed by atoms with E-state index < -0.39 is 18.9 Å². The van der Waals surface area contributed by atoms with E-state index in [1.807, 2.05) is 18.2 Å². The molecule has 1 atom stereocenters. The van der Waals surface area contributed by atoms with Crippen molar-refractivity contribution in [1.29, 1.82) is 0 Å². The van der Waals surface area contributed by atoms with Crippen molar-refractivity contribution in [2.24, 2.45) is 0 Å². The van der Waals surface area contributed by atoms with E-state index in [4.69, 9.17) is 4.74 Å². The summed E-state index contributed by atoms with van der Waals surface area (Å²) in [6.45, 7) is -1.35. The van der Waals surface area contributed by atoms with Gasteiger partial charge >= 0.3 is 6.18 Å². The second-order valence-corrected chi connectivity index (χ2v) is 5.34. The van der Waals surface area contributed by atoms with Gasteiger partial charge in [0.2, 0.25) is 0 Å². The Bertz CT molecular complexity index is 704. The van der Waals surface area contributed by atoms with E-state index in [1.165, 1.54) is 24.3 Å². The zero-order valence-electron chi connectivity index (χ0n) is 12.5. The van der Waals surface area contributed by atoms with Gasteiger partial charge in [-0.3, -0.25) is 4.79 Å². The zero-order chi connectivity index (χ0) is 17.2. The van der Waals surface area contributed by atoms with Crippen LogP contribution in [0.15, 0.2) is 48.5 Å². The van der Waals surface area contributed by atoms with Crippen molar-refractivity contribution < 1.29 is 27.4 Å². The third-order valence-corrected chi connectivity index (χ3v) is 3.46. The Balaban J connectivity index is 1.56. The predicted octanol–water partition coefficient (Wildman–Crippen LogP) is 3.57. The molecule has 0 spiro atoms. The fraction of sp³-hybridized carbons (Fsp3) is 0.235. The number of fused-ring (bicyclic) bond motifs is 1. The molecule has 4 nitrogen and oxygen atoms in total. The number of para-hydroxylation sites is 1. The van der Waals surface area contributed by atoms with Gasteiger partial charge in [-0.15, -0.1) is 0 Å². The van der Waals surface area contributed by atoms with Crippen LogP contribution in [0.2, 0.25) is 0 Å². The molecule has 1 aliphatic heterocycles. The van der Waals surface area contributed by atoms with Gasteiger partial charge in [-0.2, -0.15) is 13.2 Å². The van der Waals surface area contributed by atoms with Gasteiger partial charge < -0.3 is 14.8 Å². The largest absolute Gasteiger partial charge is 0.484 e. The highest BCUT2D eigenvalue weighted by molar-refractivity contribution is 5.95. The van der Waals surface area contributed by atoms with Crippen LogP contribution in [-0.4, -0.2) is 24.8 Å². The number of carbonyl (C=O) groups is 1. The van der Waals surface area contributed by atoms with Gasteiger partial charge in [0.1, 0.15) is 11.5 Å². The summed E-state index contributed by atoms with van der Waals surface area (Å²) in [5.74, 6) is 0.457. The molecule has 0 saturated heterocycles. The van der Waals surface area contributed by atoms with Crippen LogP contribution in [0.5, 0.6) is 11.5 Å². The van der Waals surface area contributed by atoms with E-state index in [1.54, 1.807) is 6.07 Å². The van der Waals surface area contributed by atoms with E-state index in [-0.39, 0.29) is 11.7 Å². The second-order valence-electron chi connectivity index (χ2n) is 5.34. The molecule has 0 aliphatic carbocycles. The summed E-state index contributed by atoms with van der Waals surface area (Å²) < 4.78 is 46.4. The third-order valence-electron chi connectivity index (χ3n) is 3.46. The van der Waals surface area contributed by atoms with Crippen LogP contribution in [0.4, 0.5) is 18.9 Å². The lowest BCUT2D eigenvalue weighted by atomic mass is 10.1. The molecule has 1 unspecified atom stereocenters. The molecule has 7 heteroatoms. The van der Waals surface area contributed by atoms with Crippen LogP contribution in [0.1, 0.15) is 5.56 Å². The monoisotopic (exact) mass is 337 g/mol. The molecular weight excluding hydrogens is 323 g/mol. The lowest BCUT2D eigenvalue weighted by Crippen LogP contribution is -2.31. The van der Waals surface area contributed by atoms with Crippen molar-refractivity contribution in [3.8, 4) is 11.5 Å². The van der Waals surface area contributed by atoms with Gasteiger partial charge in [0.05, 0.1) is 0 Å². The smallest absolute Gasteiger partial charge is 0.422 e. The second kappa shape index (κ2) is 6.43. The van der Waals surface area contributed by atoms with Gasteiger partial charge in [0, 0.05) is 12.1 Å². The Morgan fingerprint density at radius 2 is 1.88 bits per heavy atom. The highest BCUT2D eigenvalue weighted by Gasteiger charge is 2.29. The molecule has 2 aromatic rings. The minimum atomic E-state index is -4.39. The maximum absolute atomic E-state index is 12.2. The van der Waals surface area contributed by atoms with E-state index >= 15 is 0 Å². The van der Waals surface area contributed by atoms with Gasteiger partial charge in [-0.1, -0.05) is 18.2 Å². The molecule has 3 rings (SSSR count). The lowest BCUT2D eigenvalue weighted by Gasteiger charge is -2.12. The predicted molar refractivity (Wildman–Crippen MR) is 81.2 cm³/mol. The first kappa shape index (κ1) is 16.2. The highest BCUT2D eigenvalue weighted by Crippen LogP contribution is 2.29. The molecule has 0 radical (unpaired) electrons. The van der Waals surface area contributed by atoms with Crippen LogP contribution < -0.4 is 14.8 Å². The summed E-state index contributed by atoms with van der Waals surface area (Å²) in [7, 11) is 0. The summed E-state index contributed by atoms with van der Waals surface area (Å²) in [4.78, 5) is 12.2. The molecule has 1 heterocycles. The first-order chi connectivity index (χ1) is 11.4. The molecule has 2 aromatic carbocycles. The van der Waals surface area contributed by atoms with Crippen molar-refractivity contribution in [3.05, 3.63) is 54.1 Å². The summed E-state index contributed by atoms with van der Waals surface area (Å²) >= 11 is 0. The molecular formula is C17H14F3NO3. The summed E-state index contributed by atoms with van der Waals surface area (Å²) in [5, 5.41) is 2.68. The van der Waals surface area contributed by atoms with Gasteiger partial charge in [-0.25, -0.2) is 0 Å². The van der Waals surface area contributed by atoms with Gasteiger partial charge in [0.15, 0.2) is 12.7 Å². The van der Waals surface area contributed by atoms with Crippen LogP contribution in [0.3, 0.4) is 0 Å². The first-order valence-corrected chi connectivity index (χ1v) is 7.26. The number of halogens is 3. The Labute approximate surface area is 136 Å². The Hall–Kier alpha value is -2.70. The molecule has 1 N–H and O–H groups in total. The lowest BCUT2D eigenvalue weighted by molar-refractivity contribution is -0.153. The van der Waals surface area contributed by atoms with Crippen molar-refractivity contribution in [3.63, 3.8) is 0 Å². The van der Waals surface area contributed by atoms with E-state index in [0.29, 0.717) is 17.9 Å². The fourth-order valence-electron chi connectivity index (χ4n) is 2.35. The summed E-state index contributed by atoms with van der Waals surface area (Å²) in [6.07, 6.45) is -4.53. The van der Waals surface area contributed by atoms with Crippen LogP contribution in [0, 0.1) is 0 Å². The normalized spacial score (nSPS) is 16.2. The summed E-state index contributed by atoms with van der Waals surface area (Å²) in [5.41, 5.74) is 1.42. The molecule has 1 aliphatic rings. The maximum Gasteiger partial charge on any atom is 0.422 e. The molecule has 0 saturated carbocycles. The van der Waals surface area contributed by atoms with Crippen molar-refractivity contribution >= 4 is 11.6 Å². The molecule has 126 valence electrons. The molecule has 0 aromatic heterocycles. The number of hydrogen-bond donors (Lipinski definition) is 1. The van der Waals surface area contributed by atoms with Crippen LogP contribution in [0.25, 0.3) is 0 Å². The Morgan fingerprint density at radius 3 is 2.54 bits per heavy atom. The number of benzene rings is 2. The number of nitrogens with one attached hydrogen (secondary N) is 1. The molecule has 1 amide bonds. The molecule has 0 fully saturated rings. The topological polar surface area (TPSA) is 47.6 Å². The quantitative estimate of drug-likeness (QED) is 0.928. The number of amides is 1. The zero-order valence-corrected chi connectivity index (χ0v) is 12.5. The molecule has 0 bridgehead atoms. The molecule has 24 heavy (non-hydrogen) atoms. The van der Waals surface area contributed by atoms with E-state index in [0.717, 1.165) is 5.56 Å². The number of carbonyl (C=O) groups excluding carboxylic acids is 1. The Kier molecular flexibility index (Phi) is 4.33. The highest BCUT2D eigenvalue weighted by atomic mass is 19.4. The average molecular weight is 337 g/mol. The number of rotatable bonds is 4. The maximum atomic E-state index is 12.2. The average Bonchev–Trinajstić information content (AvgIpc) is 2.98. The standard InChI is InChI=1S/C17H14F3NO3/c18-17(19,20)10-23-13-7-5-12(6-8-13)21-16(22)15-9-11-3-1-2-4-14(11)24-15/h1-8,15H,9-10H2,(H,21,22). The Morgan fingerprint density at radius 1 is 1.17 bits per heavy atom. The van der Waals surface area contributed by atoms with Crippen molar-refractivity contribution in [2.75, 3.05) is 11.9 Å². The number of alkyl halides is 3. The number of anilines is 1. The first-order valence-electron chi connectivity index (χ1n) is 7.26. The van der Waals surface area contributed by atoms with E-state index in [9.17, 15) is 18.0 Å². The van der Waals surface area contributed by atoms with Crippen LogP contribution in [-0.2, 0) is 11.2 Å². The van der Waals surface area contributed by atoms with Crippen molar-refractivity contribution in [1.82, 2.24) is 0 Å². The number of ether oxygens (including phenoxy) is 2. The summed E-state index contributed by atoms with van der Waals surface area (Å²) in [6, 6.07) is 13.1. The SMILES string of the molecule is O=C(Nc1ccc(OCC(F)(F)F)cc1)C1Cc2ccccc2O1. The third kappa shape index (κ3) is 3.98.